The Morgan fingerprint density at radius 1 is 1.47 bits per heavy atom. The minimum absolute atomic E-state index is 0. The molecule has 0 spiro atoms. The summed E-state index contributed by atoms with van der Waals surface area (Å²) in [7, 11) is 0. The van der Waals surface area contributed by atoms with E-state index in [0.29, 0.717) is 12.5 Å². The van der Waals surface area contributed by atoms with Crippen molar-refractivity contribution in [1.82, 2.24) is 4.90 Å². The Kier molecular flexibility index (Phi) is 6.45. The maximum Gasteiger partial charge on any atom is 0.229 e. The number of hydrogen-bond acceptors (Lipinski definition) is 3. The second-order valence-corrected chi connectivity index (χ2v) is 5.46. The molecule has 17 heavy (non-hydrogen) atoms. The number of aliphatic hydroxyl groups excluding tert-OH is 1. The summed E-state index contributed by atoms with van der Waals surface area (Å²) in [5.74, 6) is 0.476. The standard InChI is InChI=1S/C12H24N2O2.ClH/c1-9(15)10-4-6-14(7-5-10)11(16)12(2,3)8-13;/h9-10,15H,4-8,13H2,1-3H3;1H. The van der Waals surface area contributed by atoms with Crippen molar-refractivity contribution < 1.29 is 9.90 Å². The smallest absolute Gasteiger partial charge is 0.229 e. The number of rotatable bonds is 3. The second kappa shape index (κ2) is 6.57. The third kappa shape index (κ3) is 4.12. The maximum atomic E-state index is 12.1. The molecule has 102 valence electrons. The van der Waals surface area contributed by atoms with Crippen LogP contribution >= 0.6 is 12.4 Å². The minimum Gasteiger partial charge on any atom is -0.393 e. The number of nitrogens with two attached hydrogens (primary N) is 1. The molecule has 1 aliphatic heterocycles. The van der Waals surface area contributed by atoms with Crippen molar-refractivity contribution in [1.29, 1.82) is 0 Å². The van der Waals surface area contributed by atoms with Crippen molar-refractivity contribution in [2.45, 2.75) is 39.7 Å². The Morgan fingerprint density at radius 3 is 2.29 bits per heavy atom. The molecule has 0 aromatic rings. The molecule has 1 heterocycles. The molecule has 3 N–H and O–H groups in total. The van der Waals surface area contributed by atoms with Gasteiger partial charge in [0.15, 0.2) is 0 Å². The highest BCUT2D eigenvalue weighted by Crippen LogP contribution is 2.24. The van der Waals surface area contributed by atoms with Crippen molar-refractivity contribution >= 4 is 18.3 Å². The van der Waals surface area contributed by atoms with Crippen molar-refractivity contribution in [2.75, 3.05) is 19.6 Å². The molecule has 1 aliphatic rings. The number of carbonyl (C=O) groups excluding carboxylic acids is 1. The lowest BCUT2D eigenvalue weighted by Gasteiger charge is -2.37. The molecule has 0 aliphatic carbocycles. The summed E-state index contributed by atoms with van der Waals surface area (Å²) < 4.78 is 0. The van der Waals surface area contributed by atoms with Gasteiger partial charge < -0.3 is 15.7 Å². The van der Waals surface area contributed by atoms with Crippen LogP contribution in [-0.4, -0.2) is 41.7 Å². The largest absolute Gasteiger partial charge is 0.393 e. The number of amides is 1. The number of likely N-dealkylation sites (tertiary alicyclic amines) is 1. The van der Waals surface area contributed by atoms with Gasteiger partial charge in [-0.15, -0.1) is 12.4 Å². The summed E-state index contributed by atoms with van der Waals surface area (Å²) >= 11 is 0. The van der Waals surface area contributed by atoms with Gasteiger partial charge in [-0.3, -0.25) is 4.79 Å². The lowest BCUT2D eigenvalue weighted by atomic mass is 9.88. The number of halogens is 1. The summed E-state index contributed by atoms with van der Waals surface area (Å²) in [5, 5.41) is 9.48. The van der Waals surface area contributed by atoms with Crippen LogP contribution in [0.5, 0.6) is 0 Å². The molecule has 0 saturated carbocycles. The van der Waals surface area contributed by atoms with Crippen LogP contribution in [0.3, 0.4) is 0 Å². The number of nitrogens with zero attached hydrogens (tertiary/aromatic N) is 1. The third-order valence-electron chi connectivity index (χ3n) is 3.60. The maximum absolute atomic E-state index is 12.1. The van der Waals surface area contributed by atoms with E-state index >= 15 is 0 Å². The van der Waals surface area contributed by atoms with Crippen LogP contribution in [0.1, 0.15) is 33.6 Å². The highest BCUT2D eigenvalue weighted by molar-refractivity contribution is 5.85. The van der Waals surface area contributed by atoms with E-state index in [2.05, 4.69) is 0 Å². The fourth-order valence-electron chi connectivity index (χ4n) is 2.10. The van der Waals surface area contributed by atoms with Crippen LogP contribution < -0.4 is 5.73 Å². The van der Waals surface area contributed by atoms with Gasteiger partial charge in [-0.05, 0) is 39.5 Å². The van der Waals surface area contributed by atoms with Crippen molar-refractivity contribution in [3.63, 3.8) is 0 Å². The average molecular weight is 265 g/mol. The van der Waals surface area contributed by atoms with E-state index in [0.717, 1.165) is 25.9 Å². The van der Waals surface area contributed by atoms with E-state index in [1.807, 2.05) is 25.7 Å². The Bertz CT molecular complexity index is 249. The monoisotopic (exact) mass is 264 g/mol. The predicted molar refractivity (Wildman–Crippen MR) is 71.1 cm³/mol. The van der Waals surface area contributed by atoms with Gasteiger partial charge in [0, 0.05) is 19.6 Å². The molecule has 1 rings (SSSR count). The van der Waals surface area contributed by atoms with Crippen LogP contribution in [0.2, 0.25) is 0 Å². The predicted octanol–water partition coefficient (Wildman–Crippen LogP) is 1.01. The van der Waals surface area contributed by atoms with Gasteiger partial charge in [0.05, 0.1) is 11.5 Å². The molecular formula is C12H25ClN2O2. The second-order valence-electron chi connectivity index (χ2n) is 5.46. The molecule has 0 aromatic heterocycles. The lowest BCUT2D eigenvalue weighted by Crippen LogP contribution is -2.48. The van der Waals surface area contributed by atoms with E-state index in [9.17, 15) is 9.90 Å². The fraction of sp³-hybridized carbons (Fsp3) is 0.917. The SMILES string of the molecule is CC(O)C1CCN(C(=O)C(C)(C)CN)CC1.Cl. The first-order chi connectivity index (χ1) is 7.38. The molecule has 1 saturated heterocycles. The van der Waals surface area contributed by atoms with Crippen LogP contribution in [0, 0.1) is 11.3 Å². The summed E-state index contributed by atoms with van der Waals surface area (Å²) in [5.41, 5.74) is 5.14. The van der Waals surface area contributed by atoms with E-state index in [1.54, 1.807) is 0 Å². The van der Waals surface area contributed by atoms with Crippen LogP contribution in [-0.2, 0) is 4.79 Å². The fourth-order valence-corrected chi connectivity index (χ4v) is 2.10. The van der Waals surface area contributed by atoms with Crippen molar-refractivity contribution in [2.24, 2.45) is 17.1 Å². The summed E-state index contributed by atoms with van der Waals surface area (Å²) in [6.07, 6.45) is 1.52. The van der Waals surface area contributed by atoms with Crippen molar-refractivity contribution in [3.8, 4) is 0 Å². The summed E-state index contributed by atoms with van der Waals surface area (Å²) in [6.45, 7) is 7.47. The van der Waals surface area contributed by atoms with E-state index in [-0.39, 0.29) is 24.4 Å². The van der Waals surface area contributed by atoms with Crippen molar-refractivity contribution in [3.05, 3.63) is 0 Å². The molecule has 1 fully saturated rings. The average Bonchev–Trinajstić information content (AvgIpc) is 2.28. The van der Waals surface area contributed by atoms with Gasteiger partial charge in [0.2, 0.25) is 5.91 Å². The first-order valence-corrected chi connectivity index (χ1v) is 6.06. The van der Waals surface area contributed by atoms with Gasteiger partial charge >= 0.3 is 0 Å². The Balaban J connectivity index is 0.00000256. The molecule has 1 atom stereocenters. The Morgan fingerprint density at radius 2 is 1.94 bits per heavy atom. The zero-order valence-corrected chi connectivity index (χ0v) is 11.8. The molecule has 1 amide bonds. The first kappa shape index (κ1) is 16.7. The van der Waals surface area contributed by atoms with E-state index < -0.39 is 5.41 Å². The van der Waals surface area contributed by atoms with Crippen LogP contribution in [0.4, 0.5) is 0 Å². The minimum atomic E-state index is -0.461. The highest BCUT2D eigenvalue weighted by atomic mass is 35.5. The third-order valence-corrected chi connectivity index (χ3v) is 3.60. The van der Waals surface area contributed by atoms with Gasteiger partial charge in [-0.25, -0.2) is 0 Å². The van der Waals surface area contributed by atoms with Gasteiger partial charge in [0.25, 0.3) is 0 Å². The lowest BCUT2D eigenvalue weighted by molar-refractivity contribution is -0.141. The van der Waals surface area contributed by atoms with Gasteiger partial charge in [-0.1, -0.05) is 0 Å². The van der Waals surface area contributed by atoms with E-state index in [1.165, 1.54) is 0 Å². The molecule has 5 heteroatoms. The molecule has 0 bridgehead atoms. The zero-order chi connectivity index (χ0) is 12.3. The number of hydrogen-bond donors (Lipinski definition) is 2. The highest BCUT2D eigenvalue weighted by Gasteiger charge is 2.33. The molecule has 0 aromatic carbocycles. The number of aliphatic hydroxyl groups is 1. The summed E-state index contributed by atoms with van der Waals surface area (Å²) in [6, 6.07) is 0. The normalized spacial score (nSPS) is 19.7. The van der Waals surface area contributed by atoms with E-state index in [4.69, 9.17) is 5.73 Å². The van der Waals surface area contributed by atoms with Crippen LogP contribution in [0.15, 0.2) is 0 Å². The quantitative estimate of drug-likeness (QED) is 0.800. The topological polar surface area (TPSA) is 66.6 Å². The molecule has 4 nitrogen and oxygen atoms in total. The number of piperidine rings is 1. The van der Waals surface area contributed by atoms with Gasteiger partial charge in [-0.2, -0.15) is 0 Å². The molecule has 1 unspecified atom stereocenters. The van der Waals surface area contributed by atoms with Crippen LogP contribution in [0.25, 0.3) is 0 Å². The Labute approximate surface area is 110 Å². The Hall–Kier alpha value is -0.320. The zero-order valence-electron chi connectivity index (χ0n) is 11.0. The first-order valence-electron chi connectivity index (χ1n) is 6.06. The summed E-state index contributed by atoms with van der Waals surface area (Å²) in [4.78, 5) is 14.0. The molecular weight excluding hydrogens is 240 g/mol. The van der Waals surface area contributed by atoms with Gasteiger partial charge in [0.1, 0.15) is 0 Å². The number of carbonyl (C=O) groups is 1. The molecule has 0 radical (unpaired) electrons.